The molecule has 1 nitrogen and oxygen atoms in total. The number of alkyl halides is 3. The molecule has 0 amide bonds. The van der Waals surface area contributed by atoms with Crippen LogP contribution in [0, 0.1) is 11.3 Å². The summed E-state index contributed by atoms with van der Waals surface area (Å²) in [7, 11) is 0. The van der Waals surface area contributed by atoms with Crippen LogP contribution >= 0.6 is 11.8 Å². The largest absolute Gasteiger partial charge is 0.417 e. The highest BCUT2D eigenvalue weighted by atomic mass is 32.2. The van der Waals surface area contributed by atoms with E-state index in [9.17, 15) is 13.2 Å². The molecule has 0 saturated heterocycles. The number of benzene rings is 2. The van der Waals surface area contributed by atoms with Gasteiger partial charge < -0.3 is 0 Å². The summed E-state index contributed by atoms with van der Waals surface area (Å²) in [6.07, 6.45) is -2.80. The zero-order chi connectivity index (χ0) is 14.8. The fraction of sp³-hybridized carbons (Fsp3) is 0.133. The summed E-state index contributed by atoms with van der Waals surface area (Å²) in [5.41, 5.74) is 0.591. The lowest BCUT2D eigenvalue weighted by Crippen LogP contribution is -2.07. The third-order valence-corrected chi connectivity index (χ3v) is 3.66. The summed E-state index contributed by atoms with van der Waals surface area (Å²) in [5.74, 6) is 0. The van der Waals surface area contributed by atoms with Crippen LogP contribution in [0.3, 0.4) is 0 Å². The zero-order valence-electron chi connectivity index (χ0n) is 10.5. The summed E-state index contributed by atoms with van der Waals surface area (Å²) < 4.78 is 39.1. The number of halogens is 3. The van der Waals surface area contributed by atoms with E-state index in [0.29, 0.717) is 16.7 Å². The molecule has 0 aliphatic carbocycles. The van der Waals surface area contributed by atoms with Crippen LogP contribution in [0.25, 0.3) is 11.1 Å². The van der Waals surface area contributed by atoms with E-state index in [4.69, 9.17) is 5.26 Å². The summed E-state index contributed by atoms with van der Waals surface area (Å²) in [6.45, 7) is 0. The van der Waals surface area contributed by atoms with Gasteiger partial charge >= 0.3 is 6.18 Å². The minimum atomic E-state index is -4.41. The molecule has 0 bridgehead atoms. The van der Waals surface area contributed by atoms with Crippen molar-refractivity contribution in [2.75, 3.05) is 6.26 Å². The average molecular weight is 293 g/mol. The molecule has 0 fully saturated rings. The monoisotopic (exact) mass is 293 g/mol. The normalized spacial score (nSPS) is 11.2. The molecular formula is C15H10F3NS. The maximum atomic E-state index is 13.0. The highest BCUT2D eigenvalue weighted by molar-refractivity contribution is 7.98. The number of nitriles is 1. The number of nitrogens with zero attached hydrogens (tertiary/aromatic N) is 1. The minimum absolute atomic E-state index is 0.177. The van der Waals surface area contributed by atoms with Gasteiger partial charge in [-0.1, -0.05) is 24.3 Å². The molecule has 0 spiro atoms. The molecule has 0 radical (unpaired) electrons. The third-order valence-electron chi connectivity index (χ3n) is 2.86. The molecule has 0 N–H and O–H groups in total. The molecule has 20 heavy (non-hydrogen) atoms. The second-order valence-electron chi connectivity index (χ2n) is 4.07. The highest BCUT2D eigenvalue weighted by Crippen LogP contribution is 2.38. The van der Waals surface area contributed by atoms with E-state index in [1.165, 1.54) is 6.07 Å². The molecule has 102 valence electrons. The van der Waals surface area contributed by atoms with Gasteiger partial charge in [-0.2, -0.15) is 18.4 Å². The van der Waals surface area contributed by atoms with Crippen LogP contribution in [0.2, 0.25) is 0 Å². The van der Waals surface area contributed by atoms with Gasteiger partial charge in [0.05, 0.1) is 17.2 Å². The topological polar surface area (TPSA) is 23.8 Å². The van der Waals surface area contributed by atoms with Gasteiger partial charge in [0.1, 0.15) is 0 Å². The van der Waals surface area contributed by atoms with Crippen LogP contribution in [-0.4, -0.2) is 6.26 Å². The lowest BCUT2D eigenvalue weighted by atomic mass is 9.98. The fourth-order valence-corrected chi connectivity index (χ4v) is 2.53. The van der Waals surface area contributed by atoms with Gasteiger partial charge in [-0.05, 0) is 35.6 Å². The Balaban J connectivity index is 2.63. The van der Waals surface area contributed by atoms with Crippen LogP contribution < -0.4 is 0 Å². The van der Waals surface area contributed by atoms with Crippen molar-refractivity contribution in [2.45, 2.75) is 11.1 Å². The van der Waals surface area contributed by atoms with Crippen LogP contribution in [-0.2, 0) is 6.18 Å². The number of thioether (sulfide) groups is 1. The van der Waals surface area contributed by atoms with E-state index in [0.717, 1.165) is 17.8 Å². The van der Waals surface area contributed by atoms with E-state index >= 15 is 0 Å². The fourth-order valence-electron chi connectivity index (χ4n) is 1.93. The summed E-state index contributed by atoms with van der Waals surface area (Å²) in [5, 5.41) is 9.03. The van der Waals surface area contributed by atoms with Crippen molar-refractivity contribution in [3.63, 3.8) is 0 Å². The van der Waals surface area contributed by atoms with Gasteiger partial charge in [0.2, 0.25) is 0 Å². The average Bonchev–Trinajstić information content (AvgIpc) is 2.45. The SMILES string of the molecule is CSc1ccc(-c2ccccc2C#N)cc1C(F)(F)F. The quantitative estimate of drug-likeness (QED) is 0.730. The Morgan fingerprint density at radius 2 is 1.80 bits per heavy atom. The molecule has 0 unspecified atom stereocenters. The van der Waals surface area contributed by atoms with Crippen molar-refractivity contribution in [3.8, 4) is 17.2 Å². The van der Waals surface area contributed by atoms with Gasteiger partial charge in [-0.25, -0.2) is 0 Å². The lowest BCUT2D eigenvalue weighted by molar-refractivity contribution is -0.139. The van der Waals surface area contributed by atoms with E-state index in [-0.39, 0.29) is 4.90 Å². The first-order valence-electron chi connectivity index (χ1n) is 5.72. The summed E-state index contributed by atoms with van der Waals surface area (Å²) in [4.78, 5) is 0.177. The maximum Gasteiger partial charge on any atom is 0.417 e. The molecule has 2 rings (SSSR count). The van der Waals surface area contributed by atoms with E-state index in [2.05, 4.69) is 0 Å². The van der Waals surface area contributed by atoms with Crippen molar-refractivity contribution >= 4 is 11.8 Å². The first-order valence-corrected chi connectivity index (χ1v) is 6.94. The summed E-state index contributed by atoms with van der Waals surface area (Å²) in [6, 6.07) is 12.8. The molecule has 0 atom stereocenters. The second kappa shape index (κ2) is 5.59. The van der Waals surface area contributed by atoms with E-state index in [1.54, 1.807) is 36.6 Å². The zero-order valence-corrected chi connectivity index (χ0v) is 11.3. The molecule has 2 aromatic carbocycles. The van der Waals surface area contributed by atoms with Crippen molar-refractivity contribution in [2.24, 2.45) is 0 Å². The van der Waals surface area contributed by atoms with Gasteiger partial charge in [0.25, 0.3) is 0 Å². The van der Waals surface area contributed by atoms with E-state index < -0.39 is 11.7 Å². The van der Waals surface area contributed by atoms with E-state index in [1.807, 2.05) is 6.07 Å². The van der Waals surface area contributed by atoms with Crippen molar-refractivity contribution in [3.05, 3.63) is 53.6 Å². The lowest BCUT2D eigenvalue weighted by Gasteiger charge is -2.13. The Morgan fingerprint density at radius 3 is 2.40 bits per heavy atom. The van der Waals surface area contributed by atoms with Crippen LogP contribution in [0.15, 0.2) is 47.4 Å². The van der Waals surface area contributed by atoms with Gasteiger partial charge in [0, 0.05) is 4.90 Å². The van der Waals surface area contributed by atoms with Gasteiger partial charge in [-0.15, -0.1) is 11.8 Å². The molecule has 0 aliphatic heterocycles. The Morgan fingerprint density at radius 1 is 1.10 bits per heavy atom. The molecule has 0 aliphatic rings. The smallest absolute Gasteiger partial charge is 0.192 e. The number of hydrogen-bond acceptors (Lipinski definition) is 2. The molecule has 0 aromatic heterocycles. The van der Waals surface area contributed by atoms with Crippen molar-refractivity contribution < 1.29 is 13.2 Å². The van der Waals surface area contributed by atoms with Crippen LogP contribution in [0.1, 0.15) is 11.1 Å². The van der Waals surface area contributed by atoms with Gasteiger partial charge in [0.15, 0.2) is 0 Å². The minimum Gasteiger partial charge on any atom is -0.192 e. The molecule has 5 heteroatoms. The first kappa shape index (κ1) is 14.5. The van der Waals surface area contributed by atoms with Crippen molar-refractivity contribution in [1.82, 2.24) is 0 Å². The van der Waals surface area contributed by atoms with Crippen LogP contribution in [0.5, 0.6) is 0 Å². The molecule has 0 saturated carbocycles. The molecule has 0 heterocycles. The third kappa shape index (κ3) is 2.81. The molecular weight excluding hydrogens is 283 g/mol. The Kier molecular flexibility index (Phi) is 4.05. The standard InChI is InChI=1S/C15H10F3NS/c1-20-14-7-6-10(8-13(14)15(16,17)18)12-5-3-2-4-11(12)9-19/h2-8H,1H3. The number of rotatable bonds is 2. The maximum absolute atomic E-state index is 13.0. The highest BCUT2D eigenvalue weighted by Gasteiger charge is 2.33. The number of hydrogen-bond donors (Lipinski definition) is 0. The predicted octanol–water partition coefficient (Wildman–Crippen LogP) is 4.97. The Bertz CT molecular complexity index is 672. The second-order valence-corrected chi connectivity index (χ2v) is 4.92. The predicted molar refractivity (Wildman–Crippen MR) is 73.4 cm³/mol. The first-order chi connectivity index (χ1) is 9.47. The van der Waals surface area contributed by atoms with Crippen molar-refractivity contribution in [1.29, 1.82) is 5.26 Å². The summed E-state index contributed by atoms with van der Waals surface area (Å²) >= 11 is 1.05. The Hall–Kier alpha value is -1.93. The van der Waals surface area contributed by atoms with Gasteiger partial charge in [-0.3, -0.25) is 0 Å². The van der Waals surface area contributed by atoms with Crippen LogP contribution in [0.4, 0.5) is 13.2 Å². The molecule has 2 aromatic rings. The Labute approximate surface area is 119 Å².